The van der Waals surface area contributed by atoms with Crippen molar-refractivity contribution in [2.24, 2.45) is 5.73 Å². The summed E-state index contributed by atoms with van der Waals surface area (Å²) in [5, 5.41) is 0.761. The molecule has 0 saturated carbocycles. The average Bonchev–Trinajstić information content (AvgIpc) is 2.37. The lowest BCUT2D eigenvalue weighted by Crippen LogP contribution is -2.30. The number of hydrogen-bond acceptors (Lipinski definition) is 5. The second-order valence-corrected chi connectivity index (χ2v) is 4.37. The van der Waals surface area contributed by atoms with Crippen LogP contribution in [0, 0.1) is 0 Å². The van der Waals surface area contributed by atoms with Gasteiger partial charge in [0.05, 0.1) is 13.2 Å². The molecule has 0 aliphatic rings. The number of benzene rings is 1. The second kappa shape index (κ2) is 5.24. The standard InChI is InChI=1S/C14H15NO4/c1-8(16)12(15)5-9-6-14(17)19-13-7-10(18-2)3-4-11(9)13/h3-4,6-7,12H,5,15H2,1-2H3/t12-/m0/s1. The van der Waals surface area contributed by atoms with Crippen molar-refractivity contribution in [3.05, 3.63) is 40.2 Å². The number of hydrogen-bond donors (Lipinski definition) is 1. The normalized spacial score (nSPS) is 12.4. The van der Waals surface area contributed by atoms with Crippen molar-refractivity contribution in [2.45, 2.75) is 19.4 Å². The third-order valence-corrected chi connectivity index (χ3v) is 3.00. The number of fused-ring (bicyclic) bond motifs is 1. The maximum absolute atomic E-state index is 11.5. The molecule has 2 rings (SSSR count). The van der Waals surface area contributed by atoms with Crippen molar-refractivity contribution in [1.29, 1.82) is 0 Å². The predicted molar refractivity (Wildman–Crippen MR) is 71.4 cm³/mol. The Hall–Kier alpha value is -2.14. The molecule has 0 radical (unpaired) electrons. The molecular weight excluding hydrogens is 246 g/mol. The fourth-order valence-electron chi connectivity index (χ4n) is 1.89. The van der Waals surface area contributed by atoms with Gasteiger partial charge >= 0.3 is 5.63 Å². The molecule has 100 valence electrons. The number of Topliss-reactive ketones (excluding diaryl/α,β-unsaturated/α-hetero) is 1. The highest BCUT2D eigenvalue weighted by Crippen LogP contribution is 2.23. The molecule has 2 N–H and O–H groups in total. The van der Waals surface area contributed by atoms with E-state index < -0.39 is 11.7 Å². The van der Waals surface area contributed by atoms with Gasteiger partial charge in [-0.2, -0.15) is 0 Å². The first-order valence-corrected chi connectivity index (χ1v) is 5.88. The van der Waals surface area contributed by atoms with Gasteiger partial charge in [-0.1, -0.05) is 0 Å². The van der Waals surface area contributed by atoms with Crippen LogP contribution in [0.5, 0.6) is 5.75 Å². The van der Waals surface area contributed by atoms with E-state index in [0.717, 1.165) is 5.39 Å². The maximum atomic E-state index is 11.5. The van der Waals surface area contributed by atoms with Crippen LogP contribution in [0.1, 0.15) is 12.5 Å². The van der Waals surface area contributed by atoms with Gasteiger partial charge in [-0.3, -0.25) is 4.79 Å². The maximum Gasteiger partial charge on any atom is 0.336 e. The van der Waals surface area contributed by atoms with Crippen molar-refractivity contribution >= 4 is 16.8 Å². The minimum Gasteiger partial charge on any atom is -0.497 e. The highest BCUT2D eigenvalue weighted by Gasteiger charge is 2.13. The van der Waals surface area contributed by atoms with Gasteiger partial charge in [-0.25, -0.2) is 4.79 Å². The molecule has 1 heterocycles. The highest BCUT2D eigenvalue weighted by molar-refractivity contribution is 5.85. The number of methoxy groups -OCH3 is 1. The number of ketones is 1. The van der Waals surface area contributed by atoms with Gasteiger partial charge in [-0.15, -0.1) is 0 Å². The molecule has 0 spiro atoms. The molecule has 5 heteroatoms. The van der Waals surface area contributed by atoms with Gasteiger partial charge in [0.25, 0.3) is 0 Å². The number of nitrogens with two attached hydrogens (primary N) is 1. The Morgan fingerprint density at radius 2 is 2.16 bits per heavy atom. The molecule has 0 fully saturated rings. The number of carbonyl (C=O) groups excluding carboxylic acids is 1. The highest BCUT2D eigenvalue weighted by atomic mass is 16.5. The summed E-state index contributed by atoms with van der Waals surface area (Å²) < 4.78 is 10.2. The lowest BCUT2D eigenvalue weighted by molar-refractivity contribution is -0.118. The topological polar surface area (TPSA) is 82.5 Å². The first-order chi connectivity index (χ1) is 9.01. The SMILES string of the molecule is COc1ccc2c(C[C@H](N)C(C)=O)cc(=O)oc2c1. The molecule has 2 aromatic rings. The van der Waals surface area contributed by atoms with Gasteiger partial charge in [-0.05, 0) is 31.0 Å². The number of ether oxygens (including phenoxy) is 1. The molecule has 0 amide bonds. The van der Waals surface area contributed by atoms with E-state index in [9.17, 15) is 9.59 Å². The zero-order valence-corrected chi connectivity index (χ0v) is 10.8. The summed E-state index contributed by atoms with van der Waals surface area (Å²) in [5.74, 6) is 0.485. The molecule has 0 aliphatic heterocycles. The van der Waals surface area contributed by atoms with E-state index >= 15 is 0 Å². The van der Waals surface area contributed by atoms with Crippen molar-refractivity contribution in [1.82, 2.24) is 0 Å². The lowest BCUT2D eigenvalue weighted by Gasteiger charge is -2.10. The molecule has 0 unspecified atom stereocenters. The summed E-state index contributed by atoms with van der Waals surface area (Å²) in [5.41, 5.74) is 6.41. The molecule has 0 bridgehead atoms. The van der Waals surface area contributed by atoms with E-state index in [1.165, 1.54) is 20.1 Å². The third-order valence-electron chi connectivity index (χ3n) is 3.00. The summed E-state index contributed by atoms with van der Waals surface area (Å²) in [6.45, 7) is 1.43. The minimum atomic E-state index is -0.618. The Morgan fingerprint density at radius 1 is 1.42 bits per heavy atom. The second-order valence-electron chi connectivity index (χ2n) is 4.37. The Labute approximate surface area is 110 Å². The van der Waals surface area contributed by atoms with Crippen molar-refractivity contribution in [3.8, 4) is 5.75 Å². The van der Waals surface area contributed by atoms with Gasteiger partial charge in [0.1, 0.15) is 17.1 Å². The smallest absolute Gasteiger partial charge is 0.336 e. The van der Waals surface area contributed by atoms with E-state index in [1.54, 1.807) is 18.2 Å². The summed E-state index contributed by atoms with van der Waals surface area (Å²) in [4.78, 5) is 22.7. The van der Waals surface area contributed by atoms with Crippen molar-refractivity contribution < 1.29 is 13.9 Å². The van der Waals surface area contributed by atoms with Gasteiger partial charge in [0.15, 0.2) is 0 Å². The van der Waals surface area contributed by atoms with E-state index in [1.807, 2.05) is 0 Å². The van der Waals surface area contributed by atoms with Crippen LogP contribution in [-0.2, 0) is 11.2 Å². The largest absolute Gasteiger partial charge is 0.497 e. The molecule has 1 aromatic heterocycles. The summed E-state index contributed by atoms with van der Waals surface area (Å²) in [7, 11) is 1.54. The average molecular weight is 261 g/mol. The van der Waals surface area contributed by atoms with Crippen LogP contribution in [0.3, 0.4) is 0 Å². The van der Waals surface area contributed by atoms with Crippen LogP contribution in [0.15, 0.2) is 33.5 Å². The van der Waals surface area contributed by atoms with E-state index in [-0.39, 0.29) is 5.78 Å². The van der Waals surface area contributed by atoms with Crippen LogP contribution in [-0.4, -0.2) is 18.9 Å². The fourth-order valence-corrected chi connectivity index (χ4v) is 1.89. The van der Waals surface area contributed by atoms with Crippen LogP contribution < -0.4 is 16.1 Å². The number of carbonyl (C=O) groups is 1. The first-order valence-electron chi connectivity index (χ1n) is 5.88. The molecule has 0 saturated heterocycles. The zero-order valence-electron chi connectivity index (χ0n) is 10.8. The Morgan fingerprint density at radius 3 is 2.79 bits per heavy atom. The molecule has 1 aromatic carbocycles. The van der Waals surface area contributed by atoms with Crippen LogP contribution in [0.4, 0.5) is 0 Å². The summed E-state index contributed by atoms with van der Waals surface area (Å²) in [6, 6.07) is 5.95. The zero-order chi connectivity index (χ0) is 14.0. The molecule has 0 aliphatic carbocycles. The summed E-state index contributed by atoms with van der Waals surface area (Å²) in [6.07, 6.45) is 0.309. The molecule has 1 atom stereocenters. The Kier molecular flexibility index (Phi) is 3.66. The van der Waals surface area contributed by atoms with Crippen LogP contribution in [0.25, 0.3) is 11.0 Å². The van der Waals surface area contributed by atoms with Crippen LogP contribution in [0.2, 0.25) is 0 Å². The first kappa shape index (κ1) is 13.3. The Bertz CT molecular complexity index is 675. The molecule has 19 heavy (non-hydrogen) atoms. The molecular formula is C14H15NO4. The predicted octanol–water partition coefficient (Wildman–Crippen LogP) is 1.26. The monoisotopic (exact) mass is 261 g/mol. The van der Waals surface area contributed by atoms with Crippen molar-refractivity contribution in [2.75, 3.05) is 7.11 Å². The Balaban J connectivity index is 2.54. The third kappa shape index (κ3) is 2.82. The van der Waals surface area contributed by atoms with E-state index in [0.29, 0.717) is 23.3 Å². The number of rotatable bonds is 4. The molecule has 5 nitrogen and oxygen atoms in total. The fraction of sp³-hybridized carbons (Fsp3) is 0.286. The lowest BCUT2D eigenvalue weighted by atomic mass is 10.0. The van der Waals surface area contributed by atoms with Crippen LogP contribution >= 0.6 is 0 Å². The van der Waals surface area contributed by atoms with Gasteiger partial charge < -0.3 is 14.9 Å². The summed E-state index contributed by atoms with van der Waals surface area (Å²) >= 11 is 0. The van der Waals surface area contributed by atoms with E-state index in [2.05, 4.69) is 0 Å². The quantitative estimate of drug-likeness (QED) is 0.838. The minimum absolute atomic E-state index is 0.116. The van der Waals surface area contributed by atoms with E-state index in [4.69, 9.17) is 14.9 Å². The van der Waals surface area contributed by atoms with Gasteiger partial charge in [0.2, 0.25) is 0 Å². The van der Waals surface area contributed by atoms with Crippen molar-refractivity contribution in [3.63, 3.8) is 0 Å². The van der Waals surface area contributed by atoms with Gasteiger partial charge in [0, 0.05) is 17.5 Å².